The van der Waals surface area contributed by atoms with Crippen LogP contribution in [-0.2, 0) is 11.3 Å². The number of para-hydroxylation sites is 1. The molecule has 0 aromatic heterocycles. The number of rotatable bonds is 6. The van der Waals surface area contributed by atoms with Crippen LogP contribution in [-0.4, -0.2) is 117 Å². The van der Waals surface area contributed by atoms with Crippen molar-refractivity contribution in [3.63, 3.8) is 0 Å². The van der Waals surface area contributed by atoms with E-state index in [9.17, 15) is 14.7 Å². The quantitative estimate of drug-likeness (QED) is 0.365. The number of ether oxygens (including phenoxy) is 2. The fourth-order valence-corrected chi connectivity index (χ4v) is 8.02. The van der Waals surface area contributed by atoms with E-state index in [2.05, 4.69) is 21.7 Å². The molecule has 1 amide bonds. The zero-order valence-electron chi connectivity index (χ0n) is 27.2. The number of likely N-dealkylation sites (tertiary alicyclic amines) is 1. The molecule has 3 saturated heterocycles. The van der Waals surface area contributed by atoms with E-state index >= 15 is 0 Å². The van der Waals surface area contributed by atoms with Crippen molar-refractivity contribution < 1.29 is 24.2 Å². The number of nitrogens with zero attached hydrogens (tertiary/aromatic N) is 5. The summed E-state index contributed by atoms with van der Waals surface area (Å²) in [6.45, 7) is 8.74. The number of carbonyl (C=O) groups is 2. The normalized spacial score (nSPS) is 19.6. The highest BCUT2D eigenvalue weighted by atomic mass is 35.5. The van der Waals surface area contributed by atoms with Crippen LogP contribution < -0.4 is 14.5 Å². The number of anilines is 2. The fourth-order valence-electron chi connectivity index (χ4n) is 7.39. The molecule has 0 spiro atoms. The Bertz CT molecular complexity index is 1660. The number of carboxylic acid groups (broad SMARTS) is 1. The number of carbonyl (C=O) groups excluding carboxylic acids is 1. The van der Waals surface area contributed by atoms with Crippen LogP contribution in [0.15, 0.2) is 48.5 Å². The van der Waals surface area contributed by atoms with Crippen molar-refractivity contribution in [1.29, 1.82) is 0 Å². The van der Waals surface area contributed by atoms with E-state index < -0.39 is 5.97 Å². The molecule has 254 valence electrons. The van der Waals surface area contributed by atoms with Gasteiger partial charge in [0, 0.05) is 62.1 Å². The van der Waals surface area contributed by atoms with Crippen molar-refractivity contribution in [1.82, 2.24) is 14.7 Å². The van der Waals surface area contributed by atoms with Crippen LogP contribution in [0, 0.1) is 0 Å². The number of aromatic carboxylic acids is 1. The fraction of sp³-hybridized carbons (Fsp3) is 0.444. The Hall–Kier alpha value is -3.54. The molecule has 3 aromatic rings. The first-order valence-electron chi connectivity index (χ1n) is 16.7. The lowest BCUT2D eigenvalue weighted by Gasteiger charge is -2.43. The second kappa shape index (κ2) is 14.1. The van der Waals surface area contributed by atoms with Crippen LogP contribution in [0.3, 0.4) is 0 Å². The smallest absolute Gasteiger partial charge is 0.337 e. The Morgan fingerprint density at radius 3 is 2.25 bits per heavy atom. The van der Waals surface area contributed by atoms with Crippen LogP contribution in [0.2, 0.25) is 10.0 Å². The monoisotopic (exact) mass is 693 g/mol. The van der Waals surface area contributed by atoms with Crippen LogP contribution >= 0.6 is 23.2 Å². The van der Waals surface area contributed by atoms with Gasteiger partial charge in [-0.25, -0.2) is 4.79 Å². The van der Waals surface area contributed by atoms with Gasteiger partial charge < -0.3 is 34.2 Å². The third kappa shape index (κ3) is 6.69. The molecule has 3 fully saturated rings. The lowest BCUT2D eigenvalue weighted by Crippen LogP contribution is -2.53. The van der Waals surface area contributed by atoms with Crippen molar-refractivity contribution in [2.45, 2.75) is 25.4 Å². The van der Waals surface area contributed by atoms with Crippen LogP contribution in [0.5, 0.6) is 5.75 Å². The summed E-state index contributed by atoms with van der Waals surface area (Å²) in [5, 5.41) is 10.5. The summed E-state index contributed by atoms with van der Waals surface area (Å²) in [5.41, 5.74) is 4.62. The topological polar surface area (TPSA) is 89.0 Å². The maximum Gasteiger partial charge on any atom is 0.337 e. The summed E-state index contributed by atoms with van der Waals surface area (Å²) >= 11 is 13.6. The molecule has 0 saturated carbocycles. The maximum absolute atomic E-state index is 13.8. The standard InChI is InChI=1S/C36H41Cl2N5O5/c1-39-9-7-26(8-10-39)40-11-13-41(14-12-40)27-20-30(37)33(31(38)21-27)35(44)43-22-25-3-2-4-28(34(25)48-23-43)24-5-6-29(36(45)46)32(19-24)42-15-17-47-18-16-42/h2-6,19-21,26H,7-18,22-23H2,1H3,(H,45,46). The van der Waals surface area contributed by atoms with Gasteiger partial charge in [0.1, 0.15) is 5.75 Å². The van der Waals surface area contributed by atoms with E-state index in [1.807, 2.05) is 41.3 Å². The van der Waals surface area contributed by atoms with Crippen molar-refractivity contribution in [3.8, 4) is 16.9 Å². The van der Waals surface area contributed by atoms with Gasteiger partial charge in [0.15, 0.2) is 6.73 Å². The maximum atomic E-state index is 13.8. The second-order valence-corrected chi connectivity index (χ2v) is 13.9. The average Bonchev–Trinajstić information content (AvgIpc) is 3.11. The predicted molar refractivity (Wildman–Crippen MR) is 188 cm³/mol. The number of carboxylic acids is 1. The number of piperidine rings is 1. The van der Waals surface area contributed by atoms with Gasteiger partial charge in [-0.3, -0.25) is 9.69 Å². The number of hydrogen-bond donors (Lipinski definition) is 1. The molecular weight excluding hydrogens is 653 g/mol. The number of morpholine rings is 1. The molecule has 4 aliphatic heterocycles. The molecule has 0 radical (unpaired) electrons. The van der Waals surface area contributed by atoms with E-state index in [0.717, 1.165) is 61.6 Å². The Balaban J connectivity index is 1.06. The molecule has 0 bridgehead atoms. The summed E-state index contributed by atoms with van der Waals surface area (Å²) in [6, 6.07) is 15.5. The van der Waals surface area contributed by atoms with Crippen molar-refractivity contribution >= 4 is 46.5 Å². The number of hydrogen-bond acceptors (Lipinski definition) is 8. The number of halogens is 2. The van der Waals surface area contributed by atoms with Gasteiger partial charge in [-0.15, -0.1) is 0 Å². The van der Waals surface area contributed by atoms with E-state index in [4.69, 9.17) is 32.7 Å². The highest BCUT2D eigenvalue weighted by Crippen LogP contribution is 2.40. The minimum Gasteiger partial charge on any atom is -0.478 e. The van der Waals surface area contributed by atoms with Gasteiger partial charge in [0.2, 0.25) is 0 Å². The lowest BCUT2D eigenvalue weighted by molar-refractivity contribution is 0.0516. The van der Waals surface area contributed by atoms with Crippen LogP contribution in [0.4, 0.5) is 11.4 Å². The number of fused-ring (bicyclic) bond motifs is 1. The molecule has 12 heteroatoms. The molecule has 4 heterocycles. The largest absolute Gasteiger partial charge is 0.478 e. The van der Waals surface area contributed by atoms with E-state index in [1.54, 1.807) is 17.0 Å². The molecule has 0 unspecified atom stereocenters. The van der Waals surface area contributed by atoms with Crippen molar-refractivity contribution in [2.75, 3.05) is 89.2 Å². The first-order valence-corrected chi connectivity index (χ1v) is 17.4. The molecular formula is C36H41Cl2N5O5. The minimum absolute atomic E-state index is 0.0275. The van der Waals surface area contributed by atoms with Gasteiger partial charge in [-0.2, -0.15) is 0 Å². The Morgan fingerprint density at radius 2 is 1.56 bits per heavy atom. The molecule has 7 rings (SSSR count). The molecule has 3 aromatic carbocycles. The molecule has 4 aliphatic rings. The SMILES string of the molecule is CN1CCC(N2CCN(c3cc(Cl)c(C(=O)N4COc5c(cccc5-c5ccc(C(=O)O)c(N6CCOCC6)c5)C4)c(Cl)c3)CC2)CC1. The minimum atomic E-state index is -0.973. The summed E-state index contributed by atoms with van der Waals surface area (Å²) in [4.78, 5) is 36.8. The predicted octanol–water partition coefficient (Wildman–Crippen LogP) is 5.40. The Kier molecular flexibility index (Phi) is 9.71. The van der Waals surface area contributed by atoms with Gasteiger partial charge in [0.25, 0.3) is 5.91 Å². The highest BCUT2D eigenvalue weighted by molar-refractivity contribution is 6.40. The van der Waals surface area contributed by atoms with Gasteiger partial charge >= 0.3 is 5.97 Å². The molecule has 0 atom stereocenters. The first-order chi connectivity index (χ1) is 23.3. The van der Waals surface area contributed by atoms with Crippen LogP contribution in [0.1, 0.15) is 39.1 Å². The number of benzene rings is 3. The van der Waals surface area contributed by atoms with Gasteiger partial charge in [0.05, 0.1) is 46.6 Å². The van der Waals surface area contributed by atoms with Crippen LogP contribution in [0.25, 0.3) is 11.1 Å². The van der Waals surface area contributed by atoms with E-state index in [0.29, 0.717) is 60.4 Å². The van der Waals surface area contributed by atoms with Gasteiger partial charge in [-0.05, 0) is 62.8 Å². The summed E-state index contributed by atoms with van der Waals surface area (Å²) < 4.78 is 11.7. The third-order valence-corrected chi connectivity index (χ3v) is 10.7. The Labute approximate surface area is 291 Å². The molecule has 10 nitrogen and oxygen atoms in total. The third-order valence-electron chi connectivity index (χ3n) is 10.1. The highest BCUT2D eigenvalue weighted by Gasteiger charge is 2.31. The zero-order valence-corrected chi connectivity index (χ0v) is 28.7. The van der Waals surface area contributed by atoms with E-state index in [1.165, 1.54) is 12.8 Å². The molecule has 1 N–H and O–H groups in total. The summed E-state index contributed by atoms with van der Waals surface area (Å²) in [5.74, 6) is -0.593. The first kappa shape index (κ1) is 33.0. The number of piperazine rings is 1. The zero-order chi connectivity index (χ0) is 33.4. The average molecular weight is 695 g/mol. The second-order valence-electron chi connectivity index (χ2n) is 13.0. The molecule has 48 heavy (non-hydrogen) atoms. The lowest BCUT2D eigenvalue weighted by atomic mass is 9.97. The Morgan fingerprint density at radius 1 is 0.854 bits per heavy atom. The van der Waals surface area contributed by atoms with E-state index in [-0.39, 0.29) is 23.8 Å². The molecule has 0 aliphatic carbocycles. The van der Waals surface area contributed by atoms with Gasteiger partial charge in [-0.1, -0.05) is 47.5 Å². The summed E-state index contributed by atoms with van der Waals surface area (Å²) in [7, 11) is 2.19. The van der Waals surface area contributed by atoms with Crippen molar-refractivity contribution in [2.24, 2.45) is 0 Å². The van der Waals surface area contributed by atoms with Crippen molar-refractivity contribution in [3.05, 3.63) is 75.3 Å². The summed E-state index contributed by atoms with van der Waals surface area (Å²) in [6.07, 6.45) is 2.43. The number of amides is 1.